The molecule has 1 unspecified atom stereocenters. The molecule has 0 saturated heterocycles. The molecule has 1 aliphatic carbocycles. The van der Waals surface area contributed by atoms with Crippen molar-refractivity contribution in [2.24, 2.45) is 5.92 Å². The second-order valence-electron chi connectivity index (χ2n) is 5.11. The molecule has 110 valence electrons. The van der Waals surface area contributed by atoms with E-state index in [1.807, 2.05) is 6.26 Å². The average Bonchev–Trinajstić information content (AvgIpc) is 2.93. The van der Waals surface area contributed by atoms with Crippen LogP contribution in [0.2, 0.25) is 0 Å². The zero-order chi connectivity index (χ0) is 14.1. The number of thioether (sulfide) groups is 1. The van der Waals surface area contributed by atoms with Crippen molar-refractivity contribution >= 4 is 23.6 Å². The Labute approximate surface area is 120 Å². The predicted molar refractivity (Wildman–Crippen MR) is 78.1 cm³/mol. The van der Waals surface area contributed by atoms with E-state index < -0.39 is 6.04 Å². The molecule has 0 heterocycles. The standard InChI is InChI=1S/C14H25NO3S/c1-18-14(17)12(9-10-19-2)15-13(16)8-7-11-5-3-4-6-11/h11-12H,3-10H2,1-2H3,(H,15,16). The monoisotopic (exact) mass is 287 g/mol. The van der Waals surface area contributed by atoms with E-state index in [9.17, 15) is 9.59 Å². The minimum absolute atomic E-state index is 0.0246. The highest BCUT2D eigenvalue weighted by Crippen LogP contribution is 2.28. The number of esters is 1. The van der Waals surface area contributed by atoms with Gasteiger partial charge in [0, 0.05) is 6.42 Å². The van der Waals surface area contributed by atoms with Gasteiger partial charge in [-0.05, 0) is 30.8 Å². The number of carbonyl (C=O) groups excluding carboxylic acids is 2. The van der Waals surface area contributed by atoms with Crippen LogP contribution in [0.5, 0.6) is 0 Å². The van der Waals surface area contributed by atoms with E-state index in [-0.39, 0.29) is 11.9 Å². The largest absolute Gasteiger partial charge is 0.467 e. The molecule has 0 aromatic carbocycles. The first kappa shape index (κ1) is 16.3. The highest BCUT2D eigenvalue weighted by Gasteiger charge is 2.22. The molecule has 0 radical (unpaired) electrons. The first-order valence-electron chi connectivity index (χ1n) is 7.03. The lowest BCUT2D eigenvalue weighted by Gasteiger charge is -2.16. The second kappa shape index (κ2) is 9.23. The van der Waals surface area contributed by atoms with Gasteiger partial charge in [0.25, 0.3) is 0 Å². The summed E-state index contributed by atoms with van der Waals surface area (Å²) < 4.78 is 4.73. The first-order chi connectivity index (χ1) is 9.17. The normalized spacial score (nSPS) is 17.2. The Hall–Kier alpha value is -0.710. The number of carbonyl (C=O) groups is 2. The van der Waals surface area contributed by atoms with E-state index in [1.54, 1.807) is 11.8 Å². The molecule has 1 amide bonds. The van der Waals surface area contributed by atoms with E-state index in [0.29, 0.717) is 18.8 Å². The van der Waals surface area contributed by atoms with Crippen LogP contribution in [-0.4, -0.2) is 37.0 Å². The Kier molecular flexibility index (Phi) is 7.94. The summed E-state index contributed by atoms with van der Waals surface area (Å²) in [6.45, 7) is 0. The Morgan fingerprint density at radius 3 is 2.63 bits per heavy atom. The van der Waals surface area contributed by atoms with Crippen molar-refractivity contribution in [3.05, 3.63) is 0 Å². The van der Waals surface area contributed by atoms with Gasteiger partial charge in [-0.2, -0.15) is 11.8 Å². The maximum Gasteiger partial charge on any atom is 0.328 e. The van der Waals surface area contributed by atoms with Crippen LogP contribution in [0.1, 0.15) is 44.9 Å². The molecular weight excluding hydrogens is 262 g/mol. The fourth-order valence-electron chi connectivity index (χ4n) is 2.53. The number of hydrogen-bond donors (Lipinski definition) is 1. The molecule has 4 nitrogen and oxygen atoms in total. The topological polar surface area (TPSA) is 55.4 Å². The van der Waals surface area contributed by atoms with E-state index in [0.717, 1.165) is 12.2 Å². The highest BCUT2D eigenvalue weighted by atomic mass is 32.2. The maximum atomic E-state index is 11.9. The van der Waals surface area contributed by atoms with E-state index >= 15 is 0 Å². The Morgan fingerprint density at radius 2 is 2.05 bits per heavy atom. The predicted octanol–water partition coefficient (Wildman–Crippen LogP) is 2.37. The van der Waals surface area contributed by atoms with E-state index in [4.69, 9.17) is 4.74 Å². The third kappa shape index (κ3) is 6.32. The lowest BCUT2D eigenvalue weighted by atomic mass is 10.0. The van der Waals surface area contributed by atoms with Crippen LogP contribution in [0, 0.1) is 5.92 Å². The van der Waals surface area contributed by atoms with Crippen LogP contribution in [0.25, 0.3) is 0 Å². The summed E-state index contributed by atoms with van der Waals surface area (Å²) in [5.41, 5.74) is 0. The number of nitrogens with one attached hydrogen (secondary N) is 1. The maximum absolute atomic E-state index is 11.9. The van der Waals surface area contributed by atoms with Gasteiger partial charge in [0.05, 0.1) is 7.11 Å². The number of amides is 1. The van der Waals surface area contributed by atoms with Gasteiger partial charge < -0.3 is 10.1 Å². The van der Waals surface area contributed by atoms with Crippen LogP contribution in [0.4, 0.5) is 0 Å². The second-order valence-corrected chi connectivity index (χ2v) is 6.10. The molecule has 0 aromatic heterocycles. The van der Waals surface area contributed by atoms with Crippen molar-refractivity contribution in [1.82, 2.24) is 5.32 Å². The van der Waals surface area contributed by atoms with Gasteiger partial charge in [0.2, 0.25) is 5.91 Å². The van der Waals surface area contributed by atoms with Crippen LogP contribution in [0.3, 0.4) is 0 Å². The highest BCUT2D eigenvalue weighted by molar-refractivity contribution is 7.98. The number of methoxy groups -OCH3 is 1. The molecule has 0 aliphatic heterocycles. The third-order valence-electron chi connectivity index (χ3n) is 3.69. The molecule has 19 heavy (non-hydrogen) atoms. The van der Waals surface area contributed by atoms with Crippen molar-refractivity contribution < 1.29 is 14.3 Å². The van der Waals surface area contributed by atoms with Crippen LogP contribution >= 0.6 is 11.8 Å². The number of rotatable bonds is 8. The van der Waals surface area contributed by atoms with Crippen LogP contribution in [-0.2, 0) is 14.3 Å². The molecule has 0 spiro atoms. The van der Waals surface area contributed by atoms with Crippen LogP contribution < -0.4 is 5.32 Å². The van der Waals surface area contributed by atoms with Crippen molar-refractivity contribution in [1.29, 1.82) is 0 Å². The SMILES string of the molecule is COC(=O)C(CCSC)NC(=O)CCC1CCCC1. The summed E-state index contributed by atoms with van der Waals surface area (Å²) in [4.78, 5) is 23.4. The summed E-state index contributed by atoms with van der Waals surface area (Å²) in [6, 6.07) is -0.492. The van der Waals surface area contributed by atoms with Gasteiger partial charge in [-0.15, -0.1) is 0 Å². The lowest BCUT2D eigenvalue weighted by Crippen LogP contribution is -2.41. The minimum atomic E-state index is -0.492. The third-order valence-corrected chi connectivity index (χ3v) is 4.33. The molecule has 1 saturated carbocycles. The van der Waals surface area contributed by atoms with Gasteiger partial charge in [-0.3, -0.25) is 4.79 Å². The average molecular weight is 287 g/mol. The molecule has 1 N–H and O–H groups in total. The summed E-state index contributed by atoms with van der Waals surface area (Å²) in [6.07, 6.45) is 9.18. The van der Waals surface area contributed by atoms with Gasteiger partial charge >= 0.3 is 5.97 Å². The smallest absolute Gasteiger partial charge is 0.328 e. The zero-order valence-electron chi connectivity index (χ0n) is 11.9. The lowest BCUT2D eigenvalue weighted by molar-refractivity contribution is -0.145. The summed E-state index contributed by atoms with van der Waals surface area (Å²) in [5, 5.41) is 2.80. The van der Waals surface area contributed by atoms with Crippen molar-refractivity contribution in [3.63, 3.8) is 0 Å². The summed E-state index contributed by atoms with van der Waals surface area (Å²) in [7, 11) is 1.36. The molecular formula is C14H25NO3S. The zero-order valence-corrected chi connectivity index (χ0v) is 12.8. The van der Waals surface area contributed by atoms with Crippen LogP contribution in [0.15, 0.2) is 0 Å². The molecule has 0 bridgehead atoms. The molecule has 0 aromatic rings. The summed E-state index contributed by atoms with van der Waals surface area (Å²) >= 11 is 1.66. The van der Waals surface area contributed by atoms with Gasteiger partial charge in [0.1, 0.15) is 6.04 Å². The minimum Gasteiger partial charge on any atom is -0.467 e. The van der Waals surface area contributed by atoms with Crippen molar-refractivity contribution in [2.45, 2.75) is 51.0 Å². The summed E-state index contributed by atoms with van der Waals surface area (Å²) in [5.74, 6) is 1.17. The molecule has 1 aliphatic rings. The number of hydrogen-bond acceptors (Lipinski definition) is 4. The fourth-order valence-corrected chi connectivity index (χ4v) is 3.00. The van der Waals surface area contributed by atoms with Gasteiger partial charge in [-0.1, -0.05) is 25.7 Å². The molecule has 5 heteroatoms. The van der Waals surface area contributed by atoms with Gasteiger partial charge in [0.15, 0.2) is 0 Å². The Bertz CT molecular complexity index is 290. The van der Waals surface area contributed by atoms with E-state index in [2.05, 4.69) is 5.32 Å². The molecule has 1 rings (SSSR count). The Balaban J connectivity index is 2.30. The van der Waals surface area contributed by atoms with Gasteiger partial charge in [-0.25, -0.2) is 4.79 Å². The fraction of sp³-hybridized carbons (Fsp3) is 0.857. The quantitative estimate of drug-likeness (QED) is 0.696. The van der Waals surface area contributed by atoms with Crippen molar-refractivity contribution in [2.75, 3.05) is 19.1 Å². The molecule has 1 atom stereocenters. The first-order valence-corrected chi connectivity index (χ1v) is 8.43. The molecule has 1 fully saturated rings. The number of ether oxygens (including phenoxy) is 1. The van der Waals surface area contributed by atoms with E-state index in [1.165, 1.54) is 32.8 Å². The van der Waals surface area contributed by atoms with Crippen molar-refractivity contribution in [3.8, 4) is 0 Å². The Morgan fingerprint density at radius 1 is 1.37 bits per heavy atom.